The highest BCUT2D eigenvalue weighted by Gasteiger charge is 2.21. The molecule has 0 saturated carbocycles. The lowest BCUT2D eigenvalue weighted by Crippen LogP contribution is -2.19. The second-order valence-corrected chi connectivity index (χ2v) is 6.42. The third kappa shape index (κ3) is 3.32. The Morgan fingerprint density at radius 3 is 2.67 bits per heavy atom. The van der Waals surface area contributed by atoms with Crippen molar-refractivity contribution < 1.29 is 4.52 Å². The third-order valence-electron chi connectivity index (χ3n) is 4.17. The summed E-state index contributed by atoms with van der Waals surface area (Å²) >= 11 is 0. The van der Waals surface area contributed by atoms with Crippen LogP contribution in [0, 0.1) is 5.92 Å². The van der Waals surface area contributed by atoms with E-state index in [4.69, 9.17) is 4.52 Å². The van der Waals surface area contributed by atoms with Crippen molar-refractivity contribution in [1.29, 1.82) is 0 Å². The van der Waals surface area contributed by atoms with Crippen molar-refractivity contribution in [3.05, 3.63) is 35.7 Å². The molecule has 1 aliphatic rings. The highest BCUT2D eigenvalue weighted by Crippen LogP contribution is 2.22. The van der Waals surface area contributed by atoms with Crippen LogP contribution in [0.1, 0.15) is 44.6 Å². The molecule has 3 rings (SSSR count). The van der Waals surface area contributed by atoms with Crippen molar-refractivity contribution >= 4 is 0 Å². The van der Waals surface area contributed by atoms with Gasteiger partial charge in [-0.05, 0) is 30.4 Å². The number of rotatable bonds is 4. The fraction of sp³-hybridized carbons (Fsp3) is 0.529. The standard InChI is InChI=1S/C17H23N3O/c1-12(2)14-4-6-15(7-5-14)17-18-16(21-19-17)11-20-9-8-13(3)10-20/h4-7,12-13H,8-11H2,1-3H3. The molecule has 112 valence electrons. The van der Waals surface area contributed by atoms with Crippen LogP contribution in [0.5, 0.6) is 0 Å². The summed E-state index contributed by atoms with van der Waals surface area (Å²) in [4.78, 5) is 6.90. The Bertz CT molecular complexity index is 588. The zero-order valence-electron chi connectivity index (χ0n) is 13.0. The van der Waals surface area contributed by atoms with Crippen LogP contribution in [-0.2, 0) is 6.54 Å². The van der Waals surface area contributed by atoms with Gasteiger partial charge in [0.05, 0.1) is 6.54 Å². The molecule has 0 bridgehead atoms. The summed E-state index contributed by atoms with van der Waals surface area (Å²) in [5.41, 5.74) is 2.35. The molecule has 0 aliphatic carbocycles. The average molecular weight is 285 g/mol. The van der Waals surface area contributed by atoms with Gasteiger partial charge < -0.3 is 4.52 Å². The number of likely N-dealkylation sites (tertiary alicyclic amines) is 1. The van der Waals surface area contributed by atoms with E-state index in [1.807, 2.05) is 0 Å². The van der Waals surface area contributed by atoms with Crippen LogP contribution in [-0.4, -0.2) is 28.1 Å². The maximum Gasteiger partial charge on any atom is 0.241 e. The highest BCUT2D eigenvalue weighted by atomic mass is 16.5. The van der Waals surface area contributed by atoms with Gasteiger partial charge in [0.25, 0.3) is 0 Å². The molecule has 1 unspecified atom stereocenters. The van der Waals surface area contributed by atoms with Gasteiger partial charge in [-0.3, -0.25) is 4.90 Å². The molecule has 21 heavy (non-hydrogen) atoms. The molecule has 1 aliphatic heterocycles. The molecule has 2 heterocycles. The number of hydrogen-bond donors (Lipinski definition) is 0. The van der Waals surface area contributed by atoms with E-state index in [0.717, 1.165) is 31.1 Å². The molecular formula is C17H23N3O. The van der Waals surface area contributed by atoms with Gasteiger partial charge in [0.2, 0.25) is 11.7 Å². The Kier molecular flexibility index (Phi) is 4.06. The van der Waals surface area contributed by atoms with Gasteiger partial charge in [0, 0.05) is 12.1 Å². The first-order valence-electron chi connectivity index (χ1n) is 7.77. The first kappa shape index (κ1) is 14.3. The van der Waals surface area contributed by atoms with E-state index in [1.165, 1.54) is 12.0 Å². The summed E-state index contributed by atoms with van der Waals surface area (Å²) in [5.74, 6) is 2.72. The van der Waals surface area contributed by atoms with Gasteiger partial charge in [-0.1, -0.05) is 50.2 Å². The second-order valence-electron chi connectivity index (χ2n) is 6.42. The summed E-state index contributed by atoms with van der Waals surface area (Å²) < 4.78 is 5.39. The lowest BCUT2D eigenvalue weighted by molar-refractivity contribution is 0.262. The molecule has 0 radical (unpaired) electrons. The maximum atomic E-state index is 5.39. The van der Waals surface area contributed by atoms with Crippen molar-refractivity contribution in [1.82, 2.24) is 15.0 Å². The molecule has 4 nitrogen and oxygen atoms in total. The second kappa shape index (κ2) is 5.98. The molecule has 0 N–H and O–H groups in total. The van der Waals surface area contributed by atoms with Gasteiger partial charge in [0.15, 0.2) is 0 Å². The monoisotopic (exact) mass is 285 g/mol. The van der Waals surface area contributed by atoms with Crippen LogP contribution >= 0.6 is 0 Å². The predicted molar refractivity (Wildman–Crippen MR) is 82.9 cm³/mol. The Morgan fingerprint density at radius 2 is 2.05 bits per heavy atom. The summed E-state index contributed by atoms with van der Waals surface area (Å²) in [5, 5.41) is 4.11. The lowest BCUT2D eigenvalue weighted by Gasteiger charge is -2.11. The van der Waals surface area contributed by atoms with Crippen LogP contribution in [0.4, 0.5) is 0 Å². The Morgan fingerprint density at radius 1 is 1.29 bits per heavy atom. The van der Waals surface area contributed by atoms with E-state index in [2.05, 4.69) is 60.1 Å². The average Bonchev–Trinajstić information content (AvgIpc) is 3.09. The zero-order chi connectivity index (χ0) is 14.8. The summed E-state index contributed by atoms with van der Waals surface area (Å²) in [7, 11) is 0. The topological polar surface area (TPSA) is 42.2 Å². The SMILES string of the molecule is CC1CCN(Cc2nc(-c3ccc(C(C)C)cc3)no2)C1. The molecular weight excluding hydrogens is 262 g/mol. The van der Waals surface area contributed by atoms with Crippen molar-refractivity contribution in [2.75, 3.05) is 13.1 Å². The molecule has 1 aromatic carbocycles. The van der Waals surface area contributed by atoms with Crippen molar-refractivity contribution in [2.45, 2.75) is 39.7 Å². The Labute approximate surface area is 126 Å². The normalized spacial score (nSPS) is 19.5. The van der Waals surface area contributed by atoms with E-state index in [1.54, 1.807) is 0 Å². The first-order chi connectivity index (χ1) is 10.1. The number of aromatic nitrogens is 2. The number of hydrogen-bond acceptors (Lipinski definition) is 4. The Balaban J connectivity index is 1.69. The highest BCUT2D eigenvalue weighted by molar-refractivity contribution is 5.54. The number of nitrogens with zero attached hydrogens (tertiary/aromatic N) is 3. The summed E-state index contributed by atoms with van der Waals surface area (Å²) in [6.45, 7) is 9.69. The van der Waals surface area contributed by atoms with Crippen LogP contribution in [0.3, 0.4) is 0 Å². The summed E-state index contributed by atoms with van der Waals surface area (Å²) in [6.07, 6.45) is 1.26. The molecule has 1 atom stereocenters. The molecule has 4 heteroatoms. The minimum absolute atomic E-state index is 0.539. The van der Waals surface area contributed by atoms with Gasteiger partial charge in [0.1, 0.15) is 0 Å². The van der Waals surface area contributed by atoms with Crippen molar-refractivity contribution in [3.63, 3.8) is 0 Å². The number of benzene rings is 1. The van der Waals surface area contributed by atoms with Gasteiger partial charge >= 0.3 is 0 Å². The molecule has 1 aromatic heterocycles. The van der Waals surface area contributed by atoms with E-state index in [9.17, 15) is 0 Å². The smallest absolute Gasteiger partial charge is 0.241 e. The molecule has 0 amide bonds. The predicted octanol–water partition coefficient (Wildman–Crippen LogP) is 3.70. The van der Waals surface area contributed by atoms with Gasteiger partial charge in [-0.15, -0.1) is 0 Å². The lowest BCUT2D eigenvalue weighted by atomic mass is 10.0. The zero-order valence-corrected chi connectivity index (χ0v) is 13.0. The molecule has 0 spiro atoms. The summed E-state index contributed by atoms with van der Waals surface area (Å²) in [6, 6.07) is 8.42. The fourth-order valence-electron chi connectivity index (χ4n) is 2.81. The van der Waals surface area contributed by atoms with E-state index in [-0.39, 0.29) is 0 Å². The van der Waals surface area contributed by atoms with Gasteiger partial charge in [-0.25, -0.2) is 0 Å². The quantitative estimate of drug-likeness (QED) is 0.859. The minimum atomic E-state index is 0.539. The molecule has 2 aromatic rings. The largest absolute Gasteiger partial charge is 0.338 e. The maximum absolute atomic E-state index is 5.39. The van der Waals surface area contributed by atoms with Crippen LogP contribution in [0.25, 0.3) is 11.4 Å². The molecule has 1 fully saturated rings. The van der Waals surface area contributed by atoms with Crippen LogP contribution in [0.2, 0.25) is 0 Å². The van der Waals surface area contributed by atoms with Gasteiger partial charge in [-0.2, -0.15) is 4.98 Å². The van der Waals surface area contributed by atoms with Crippen LogP contribution < -0.4 is 0 Å². The van der Waals surface area contributed by atoms with Crippen molar-refractivity contribution in [2.24, 2.45) is 5.92 Å². The van der Waals surface area contributed by atoms with E-state index >= 15 is 0 Å². The molecule has 1 saturated heterocycles. The fourth-order valence-corrected chi connectivity index (χ4v) is 2.81. The first-order valence-corrected chi connectivity index (χ1v) is 7.77. The minimum Gasteiger partial charge on any atom is -0.338 e. The van der Waals surface area contributed by atoms with E-state index < -0.39 is 0 Å². The van der Waals surface area contributed by atoms with Crippen LogP contribution in [0.15, 0.2) is 28.8 Å². The Hall–Kier alpha value is -1.68. The third-order valence-corrected chi connectivity index (χ3v) is 4.17. The van der Waals surface area contributed by atoms with Crippen molar-refractivity contribution in [3.8, 4) is 11.4 Å². The van der Waals surface area contributed by atoms with E-state index in [0.29, 0.717) is 17.6 Å².